The predicted octanol–water partition coefficient (Wildman–Crippen LogP) is 5.92. The highest BCUT2D eigenvalue weighted by Gasteiger charge is 2.51. The van der Waals surface area contributed by atoms with Crippen LogP contribution in [0.3, 0.4) is 0 Å². The van der Waals surface area contributed by atoms with Gasteiger partial charge in [0, 0.05) is 16.7 Å². The summed E-state index contributed by atoms with van der Waals surface area (Å²) in [4.78, 5) is 0.433. The molecule has 2 unspecified atom stereocenters. The minimum Gasteiger partial charge on any atom is -0.456 e. The summed E-state index contributed by atoms with van der Waals surface area (Å²) in [5, 5.41) is 1.55. The molecule has 7 heteroatoms. The Balaban J connectivity index is 1.27. The molecule has 0 radical (unpaired) electrons. The molecule has 3 heterocycles. The van der Waals surface area contributed by atoms with Crippen LogP contribution in [-0.4, -0.2) is 32.0 Å². The van der Waals surface area contributed by atoms with E-state index in [4.69, 9.17) is 13.7 Å². The van der Waals surface area contributed by atoms with Gasteiger partial charge in [-0.3, -0.25) is 0 Å². The summed E-state index contributed by atoms with van der Waals surface area (Å²) in [6.45, 7) is 8.18. The van der Waals surface area contributed by atoms with Crippen LogP contribution >= 0.6 is 0 Å². The minimum absolute atomic E-state index is 0.145. The van der Waals surface area contributed by atoms with Crippen LogP contribution in [0.4, 0.5) is 0 Å². The molecule has 0 saturated carbocycles. The SMILES string of the molecule is CC1(C)OB(c2ccc3c(c2)oc2cc(-c4ccc5c(c4)C4C=CC=CC4S5(=O)=O)ccc23)OC1(C)C. The average molecular weight is 510 g/mol. The van der Waals surface area contributed by atoms with Crippen LogP contribution in [0.25, 0.3) is 33.1 Å². The molecule has 2 atom stereocenters. The van der Waals surface area contributed by atoms with Crippen LogP contribution in [0.5, 0.6) is 0 Å². The highest BCUT2D eigenvalue weighted by atomic mass is 32.2. The fourth-order valence-corrected chi connectivity index (χ4v) is 7.65. The fraction of sp³-hybridized carbons (Fsp3) is 0.267. The van der Waals surface area contributed by atoms with Crippen molar-refractivity contribution in [2.75, 3.05) is 0 Å². The third-order valence-corrected chi connectivity index (χ3v) is 10.6. The van der Waals surface area contributed by atoms with E-state index < -0.39 is 33.4 Å². The van der Waals surface area contributed by atoms with E-state index in [-0.39, 0.29) is 5.92 Å². The van der Waals surface area contributed by atoms with E-state index >= 15 is 0 Å². The van der Waals surface area contributed by atoms with Crippen LogP contribution in [0.1, 0.15) is 39.2 Å². The Morgan fingerprint density at radius 3 is 2.14 bits per heavy atom. The van der Waals surface area contributed by atoms with Crippen LogP contribution in [0.2, 0.25) is 0 Å². The van der Waals surface area contributed by atoms with Gasteiger partial charge in [-0.05, 0) is 80.2 Å². The fourth-order valence-electron chi connectivity index (χ4n) is 5.66. The van der Waals surface area contributed by atoms with Crippen LogP contribution in [0.15, 0.2) is 88.2 Å². The van der Waals surface area contributed by atoms with Crippen molar-refractivity contribution in [3.8, 4) is 11.1 Å². The zero-order valence-corrected chi connectivity index (χ0v) is 22.0. The third-order valence-electron chi connectivity index (χ3n) is 8.47. The molecule has 1 fully saturated rings. The normalized spacial score (nSPS) is 24.6. The second-order valence-corrected chi connectivity index (χ2v) is 13.3. The second-order valence-electron chi connectivity index (χ2n) is 11.2. The molecule has 3 aromatic carbocycles. The monoisotopic (exact) mass is 510 g/mol. The summed E-state index contributed by atoms with van der Waals surface area (Å²) in [6.07, 6.45) is 7.52. The number of sulfone groups is 1. The Hall–Kier alpha value is -3.13. The third kappa shape index (κ3) is 3.27. The maximum atomic E-state index is 13.0. The molecular weight excluding hydrogens is 483 g/mol. The summed E-state index contributed by atoms with van der Waals surface area (Å²) in [6, 6.07) is 17.9. The van der Waals surface area contributed by atoms with E-state index in [1.807, 2.05) is 76.3 Å². The summed E-state index contributed by atoms with van der Waals surface area (Å²) < 4.78 is 44.8. The number of fused-ring (bicyclic) bond motifs is 6. The smallest absolute Gasteiger partial charge is 0.456 e. The minimum atomic E-state index is -3.36. The molecule has 186 valence electrons. The van der Waals surface area contributed by atoms with Crippen molar-refractivity contribution in [2.45, 2.75) is 55.0 Å². The van der Waals surface area contributed by atoms with E-state index in [1.165, 1.54) is 0 Å². The van der Waals surface area contributed by atoms with E-state index in [0.29, 0.717) is 4.90 Å². The summed E-state index contributed by atoms with van der Waals surface area (Å²) >= 11 is 0. The molecule has 5 nitrogen and oxygen atoms in total. The first kappa shape index (κ1) is 23.0. The quantitative estimate of drug-likeness (QED) is 0.314. The molecule has 3 aliphatic rings. The average Bonchev–Trinajstić information content (AvgIpc) is 3.42. The maximum absolute atomic E-state index is 13.0. The number of hydrogen-bond donors (Lipinski definition) is 0. The molecule has 4 aromatic rings. The number of benzene rings is 3. The standard InChI is InChI=1S/C30H27BO5S/c1-29(2)30(3,4)36-31(35-29)20-11-13-22-21-12-9-19(16-25(21)34-26(22)17-20)18-10-14-28-24(15-18)23-7-5-6-8-27(23)37(28,32)33/h5-17,23,27H,1-4H3. The largest absolute Gasteiger partial charge is 0.494 e. The molecule has 1 aromatic heterocycles. The Morgan fingerprint density at radius 2 is 1.38 bits per heavy atom. The van der Waals surface area contributed by atoms with Crippen LogP contribution in [0, 0.1) is 0 Å². The van der Waals surface area contributed by atoms with Crippen molar-refractivity contribution < 1.29 is 22.1 Å². The van der Waals surface area contributed by atoms with Crippen molar-refractivity contribution >= 4 is 44.4 Å². The van der Waals surface area contributed by atoms with Gasteiger partial charge in [-0.15, -0.1) is 0 Å². The van der Waals surface area contributed by atoms with Crippen LogP contribution in [-0.2, 0) is 19.1 Å². The molecule has 0 amide bonds. The van der Waals surface area contributed by atoms with E-state index in [2.05, 4.69) is 18.2 Å². The Labute approximate surface area is 216 Å². The van der Waals surface area contributed by atoms with Gasteiger partial charge in [0.05, 0.1) is 21.3 Å². The predicted molar refractivity (Wildman–Crippen MR) is 147 cm³/mol. The Kier molecular flexibility index (Phi) is 4.65. The first-order chi connectivity index (χ1) is 17.5. The second kappa shape index (κ2) is 7.47. The van der Waals surface area contributed by atoms with Gasteiger partial charge < -0.3 is 13.7 Å². The molecule has 0 spiro atoms. The topological polar surface area (TPSA) is 65.7 Å². The lowest BCUT2D eigenvalue weighted by atomic mass is 9.79. The van der Waals surface area contributed by atoms with Gasteiger partial charge in [0.15, 0.2) is 9.84 Å². The van der Waals surface area contributed by atoms with E-state index in [0.717, 1.165) is 44.1 Å². The van der Waals surface area contributed by atoms with Crippen molar-refractivity contribution in [3.63, 3.8) is 0 Å². The van der Waals surface area contributed by atoms with E-state index in [1.54, 1.807) is 12.1 Å². The van der Waals surface area contributed by atoms with Gasteiger partial charge in [-0.2, -0.15) is 0 Å². The molecule has 37 heavy (non-hydrogen) atoms. The maximum Gasteiger partial charge on any atom is 0.494 e. The molecule has 7 rings (SSSR count). The summed E-state index contributed by atoms with van der Waals surface area (Å²) in [7, 11) is -3.81. The van der Waals surface area contributed by atoms with Gasteiger partial charge >= 0.3 is 7.12 Å². The number of hydrogen-bond acceptors (Lipinski definition) is 5. The number of allylic oxidation sites excluding steroid dienone is 3. The zero-order valence-electron chi connectivity index (χ0n) is 21.2. The van der Waals surface area contributed by atoms with Gasteiger partial charge in [0.2, 0.25) is 0 Å². The molecule has 0 N–H and O–H groups in total. The molecule has 1 saturated heterocycles. The van der Waals surface area contributed by atoms with Crippen molar-refractivity contribution in [3.05, 3.63) is 84.5 Å². The first-order valence-electron chi connectivity index (χ1n) is 12.6. The Bertz CT molecular complexity index is 1760. The Morgan fingerprint density at radius 1 is 0.757 bits per heavy atom. The van der Waals surface area contributed by atoms with Crippen molar-refractivity contribution in [1.29, 1.82) is 0 Å². The van der Waals surface area contributed by atoms with Gasteiger partial charge in [-0.1, -0.05) is 48.6 Å². The lowest BCUT2D eigenvalue weighted by Crippen LogP contribution is -2.41. The van der Waals surface area contributed by atoms with Gasteiger partial charge in [0.1, 0.15) is 11.2 Å². The molecule has 1 aliphatic carbocycles. The number of rotatable bonds is 2. The highest BCUT2D eigenvalue weighted by molar-refractivity contribution is 7.92. The number of furan rings is 1. The molecule has 0 bridgehead atoms. The lowest BCUT2D eigenvalue weighted by molar-refractivity contribution is 0.00578. The molecule has 2 aliphatic heterocycles. The van der Waals surface area contributed by atoms with Crippen LogP contribution < -0.4 is 5.46 Å². The van der Waals surface area contributed by atoms with Crippen molar-refractivity contribution in [2.24, 2.45) is 0 Å². The summed E-state index contributed by atoms with van der Waals surface area (Å²) in [5.74, 6) is -0.145. The van der Waals surface area contributed by atoms with Gasteiger partial charge in [-0.25, -0.2) is 8.42 Å². The van der Waals surface area contributed by atoms with Crippen molar-refractivity contribution in [1.82, 2.24) is 0 Å². The van der Waals surface area contributed by atoms with Gasteiger partial charge in [0.25, 0.3) is 0 Å². The first-order valence-corrected chi connectivity index (χ1v) is 14.1. The molecular formula is C30H27BO5S. The zero-order chi connectivity index (χ0) is 25.7. The summed E-state index contributed by atoms with van der Waals surface area (Å²) in [5.41, 5.74) is 4.48. The highest BCUT2D eigenvalue weighted by Crippen LogP contribution is 2.45. The lowest BCUT2D eigenvalue weighted by Gasteiger charge is -2.32. The van der Waals surface area contributed by atoms with E-state index in [9.17, 15) is 8.42 Å².